The van der Waals surface area contributed by atoms with Gasteiger partial charge in [0.15, 0.2) is 0 Å². The summed E-state index contributed by atoms with van der Waals surface area (Å²) in [5, 5.41) is 2.75. The van der Waals surface area contributed by atoms with E-state index >= 15 is 0 Å². The molecule has 4 nitrogen and oxygen atoms in total. The van der Waals surface area contributed by atoms with Crippen LogP contribution in [0.1, 0.15) is 17.3 Å². The molecule has 0 unspecified atom stereocenters. The van der Waals surface area contributed by atoms with Crippen molar-refractivity contribution in [1.82, 2.24) is 5.32 Å². The van der Waals surface area contributed by atoms with Crippen molar-refractivity contribution in [2.45, 2.75) is 6.92 Å². The molecule has 0 aliphatic rings. The predicted octanol–water partition coefficient (Wildman–Crippen LogP) is 2.93. The largest absolute Gasteiger partial charge is 0.397 e. The standard InChI is InChI=1S/C16H18FN3O/c1-3-19-16(21)11-4-9-14(18)15(10-11)20(2)13-7-5-12(17)6-8-13/h4-10H,3,18H2,1-2H3,(H,19,21). The van der Waals surface area contributed by atoms with Crippen LogP contribution in [0, 0.1) is 5.82 Å². The first-order valence-corrected chi connectivity index (χ1v) is 6.70. The fourth-order valence-corrected chi connectivity index (χ4v) is 2.04. The molecule has 2 rings (SSSR count). The molecule has 0 fully saturated rings. The highest BCUT2D eigenvalue weighted by molar-refractivity contribution is 5.96. The molecule has 2 aromatic carbocycles. The Kier molecular flexibility index (Phi) is 4.42. The van der Waals surface area contributed by atoms with Crippen molar-refractivity contribution in [3.05, 3.63) is 53.8 Å². The molecular formula is C16H18FN3O. The lowest BCUT2D eigenvalue weighted by atomic mass is 10.1. The second-order valence-electron chi connectivity index (χ2n) is 4.67. The molecule has 5 heteroatoms. The molecule has 0 saturated heterocycles. The maximum atomic E-state index is 13.0. The van der Waals surface area contributed by atoms with E-state index < -0.39 is 0 Å². The fourth-order valence-electron chi connectivity index (χ4n) is 2.04. The average molecular weight is 287 g/mol. The number of hydrogen-bond donors (Lipinski definition) is 2. The number of halogens is 1. The highest BCUT2D eigenvalue weighted by Crippen LogP contribution is 2.30. The lowest BCUT2D eigenvalue weighted by molar-refractivity contribution is 0.0956. The molecular weight excluding hydrogens is 269 g/mol. The van der Waals surface area contributed by atoms with E-state index in [0.29, 0.717) is 23.5 Å². The van der Waals surface area contributed by atoms with Crippen LogP contribution < -0.4 is 16.0 Å². The van der Waals surface area contributed by atoms with E-state index in [1.165, 1.54) is 12.1 Å². The van der Waals surface area contributed by atoms with E-state index in [-0.39, 0.29) is 11.7 Å². The minimum Gasteiger partial charge on any atom is -0.397 e. The molecule has 0 radical (unpaired) electrons. The zero-order chi connectivity index (χ0) is 15.4. The molecule has 0 saturated carbocycles. The summed E-state index contributed by atoms with van der Waals surface area (Å²) in [4.78, 5) is 13.7. The van der Waals surface area contributed by atoms with E-state index in [4.69, 9.17) is 5.73 Å². The quantitative estimate of drug-likeness (QED) is 0.850. The third-order valence-corrected chi connectivity index (χ3v) is 3.21. The topological polar surface area (TPSA) is 58.4 Å². The van der Waals surface area contributed by atoms with Gasteiger partial charge in [-0.25, -0.2) is 4.39 Å². The van der Waals surface area contributed by atoms with Crippen LogP contribution in [0.4, 0.5) is 21.5 Å². The van der Waals surface area contributed by atoms with Crippen molar-refractivity contribution in [2.24, 2.45) is 0 Å². The van der Waals surface area contributed by atoms with Gasteiger partial charge in [-0.1, -0.05) is 0 Å². The smallest absolute Gasteiger partial charge is 0.251 e. The van der Waals surface area contributed by atoms with Crippen LogP contribution in [0.5, 0.6) is 0 Å². The fraction of sp³-hybridized carbons (Fsp3) is 0.188. The van der Waals surface area contributed by atoms with Gasteiger partial charge in [-0.15, -0.1) is 0 Å². The van der Waals surface area contributed by atoms with Gasteiger partial charge < -0.3 is 16.0 Å². The number of carbonyl (C=O) groups excluding carboxylic acids is 1. The second kappa shape index (κ2) is 6.26. The zero-order valence-electron chi connectivity index (χ0n) is 12.1. The zero-order valence-corrected chi connectivity index (χ0v) is 12.1. The third-order valence-electron chi connectivity index (χ3n) is 3.21. The molecule has 0 heterocycles. The number of amides is 1. The van der Waals surface area contributed by atoms with Gasteiger partial charge in [-0.2, -0.15) is 0 Å². The first-order chi connectivity index (χ1) is 10.0. The van der Waals surface area contributed by atoms with Gasteiger partial charge in [0.25, 0.3) is 5.91 Å². The number of nitrogens with two attached hydrogens (primary N) is 1. The van der Waals surface area contributed by atoms with Crippen LogP contribution in [0.25, 0.3) is 0 Å². The van der Waals surface area contributed by atoms with Gasteiger partial charge in [0.05, 0.1) is 11.4 Å². The Labute approximate surface area is 123 Å². The summed E-state index contributed by atoms with van der Waals surface area (Å²) in [5.74, 6) is -0.442. The summed E-state index contributed by atoms with van der Waals surface area (Å²) in [6.45, 7) is 2.42. The Hall–Kier alpha value is -2.56. The molecule has 2 aromatic rings. The van der Waals surface area contributed by atoms with E-state index in [1.54, 1.807) is 30.3 Å². The van der Waals surface area contributed by atoms with Crippen LogP contribution in [-0.4, -0.2) is 19.5 Å². The summed E-state index contributed by atoms with van der Waals surface area (Å²) in [6.07, 6.45) is 0. The van der Waals surface area contributed by atoms with Gasteiger partial charge in [0.1, 0.15) is 5.82 Å². The van der Waals surface area contributed by atoms with Crippen LogP contribution >= 0.6 is 0 Å². The Morgan fingerprint density at radius 1 is 1.24 bits per heavy atom. The van der Waals surface area contributed by atoms with Crippen molar-refractivity contribution < 1.29 is 9.18 Å². The van der Waals surface area contributed by atoms with Crippen molar-refractivity contribution in [3.63, 3.8) is 0 Å². The van der Waals surface area contributed by atoms with Crippen molar-refractivity contribution >= 4 is 23.0 Å². The van der Waals surface area contributed by atoms with E-state index in [1.807, 2.05) is 18.9 Å². The number of rotatable bonds is 4. The average Bonchev–Trinajstić information content (AvgIpc) is 2.48. The molecule has 0 spiro atoms. The van der Waals surface area contributed by atoms with Crippen molar-refractivity contribution in [1.29, 1.82) is 0 Å². The second-order valence-corrected chi connectivity index (χ2v) is 4.67. The lowest BCUT2D eigenvalue weighted by Crippen LogP contribution is -2.23. The number of anilines is 3. The first-order valence-electron chi connectivity index (χ1n) is 6.70. The number of nitrogen functional groups attached to an aromatic ring is 1. The molecule has 110 valence electrons. The molecule has 0 aromatic heterocycles. The van der Waals surface area contributed by atoms with E-state index in [9.17, 15) is 9.18 Å². The number of benzene rings is 2. The molecule has 21 heavy (non-hydrogen) atoms. The monoisotopic (exact) mass is 287 g/mol. The Morgan fingerprint density at radius 2 is 1.90 bits per heavy atom. The number of hydrogen-bond acceptors (Lipinski definition) is 3. The normalized spacial score (nSPS) is 10.2. The third kappa shape index (κ3) is 3.31. The van der Waals surface area contributed by atoms with Crippen LogP contribution in [0.2, 0.25) is 0 Å². The number of nitrogens with one attached hydrogen (secondary N) is 1. The van der Waals surface area contributed by atoms with Crippen LogP contribution in [-0.2, 0) is 0 Å². The molecule has 0 atom stereocenters. The number of nitrogens with zero attached hydrogens (tertiary/aromatic N) is 1. The number of carbonyl (C=O) groups is 1. The van der Waals surface area contributed by atoms with Gasteiger partial charge in [-0.05, 0) is 49.4 Å². The summed E-state index contributed by atoms with van der Waals surface area (Å²) >= 11 is 0. The van der Waals surface area contributed by atoms with Gasteiger partial charge in [0.2, 0.25) is 0 Å². The summed E-state index contributed by atoms with van der Waals surface area (Å²) in [7, 11) is 1.82. The Bertz CT molecular complexity index is 640. The van der Waals surface area contributed by atoms with Gasteiger partial charge >= 0.3 is 0 Å². The maximum Gasteiger partial charge on any atom is 0.251 e. The van der Waals surface area contributed by atoms with E-state index in [2.05, 4.69) is 5.32 Å². The molecule has 0 aliphatic carbocycles. The minimum absolute atomic E-state index is 0.147. The van der Waals surface area contributed by atoms with Crippen LogP contribution in [0.15, 0.2) is 42.5 Å². The summed E-state index contributed by atoms with van der Waals surface area (Å²) in [6, 6.07) is 11.2. The van der Waals surface area contributed by atoms with E-state index in [0.717, 1.165) is 5.69 Å². The Balaban J connectivity index is 2.35. The predicted molar refractivity (Wildman–Crippen MR) is 83.3 cm³/mol. The maximum absolute atomic E-state index is 13.0. The molecule has 0 bridgehead atoms. The molecule has 1 amide bonds. The van der Waals surface area contributed by atoms with Gasteiger partial charge in [0, 0.05) is 24.8 Å². The van der Waals surface area contributed by atoms with Crippen LogP contribution in [0.3, 0.4) is 0 Å². The highest BCUT2D eigenvalue weighted by Gasteiger charge is 2.12. The highest BCUT2D eigenvalue weighted by atomic mass is 19.1. The first kappa shape index (κ1) is 14.8. The van der Waals surface area contributed by atoms with Crippen molar-refractivity contribution in [3.8, 4) is 0 Å². The Morgan fingerprint density at radius 3 is 2.52 bits per heavy atom. The van der Waals surface area contributed by atoms with Gasteiger partial charge in [-0.3, -0.25) is 4.79 Å². The minimum atomic E-state index is -0.295. The summed E-state index contributed by atoms with van der Waals surface area (Å²) in [5.41, 5.74) is 8.56. The molecule has 0 aliphatic heterocycles. The SMILES string of the molecule is CCNC(=O)c1ccc(N)c(N(C)c2ccc(F)cc2)c1. The van der Waals surface area contributed by atoms with Crippen molar-refractivity contribution in [2.75, 3.05) is 24.2 Å². The lowest BCUT2D eigenvalue weighted by Gasteiger charge is -2.22. The summed E-state index contributed by atoms with van der Waals surface area (Å²) < 4.78 is 13.0. The molecule has 3 N–H and O–H groups in total.